The van der Waals surface area contributed by atoms with Crippen LogP contribution in [0.25, 0.3) is 0 Å². The van der Waals surface area contributed by atoms with E-state index < -0.39 is 0 Å². The number of amides is 1. The van der Waals surface area contributed by atoms with Crippen LogP contribution in [-0.4, -0.2) is 22.4 Å². The summed E-state index contributed by atoms with van der Waals surface area (Å²) in [4.78, 5) is 14.7. The van der Waals surface area contributed by atoms with Crippen molar-refractivity contribution in [3.63, 3.8) is 0 Å². The minimum atomic E-state index is -0.281. The summed E-state index contributed by atoms with van der Waals surface area (Å²) in [6.07, 6.45) is 1.65. The number of carbonyl (C=O) groups excluding carboxylic acids is 1. The van der Waals surface area contributed by atoms with Crippen molar-refractivity contribution in [2.45, 2.75) is 33.4 Å². The van der Waals surface area contributed by atoms with Gasteiger partial charge in [-0.25, -0.2) is 4.39 Å². The monoisotopic (exact) mass is 354 g/mol. The lowest BCUT2D eigenvalue weighted by atomic mass is 10.1. The average molecular weight is 354 g/mol. The summed E-state index contributed by atoms with van der Waals surface area (Å²) < 4.78 is 20.6. The molecule has 2 heterocycles. The summed E-state index contributed by atoms with van der Waals surface area (Å²) in [5.41, 5.74) is 3.48. The molecule has 0 saturated carbocycles. The molecular weight excluding hydrogens is 331 g/mol. The number of hydrogen-bond donors (Lipinski definition) is 0. The van der Waals surface area contributed by atoms with E-state index in [0.717, 1.165) is 22.7 Å². The smallest absolute Gasteiger partial charge is 0.255 e. The number of furan rings is 1. The lowest BCUT2D eigenvalue weighted by Gasteiger charge is -2.25. The molecule has 1 aromatic carbocycles. The number of benzene rings is 1. The molecule has 26 heavy (non-hydrogen) atoms. The highest BCUT2D eigenvalue weighted by Crippen LogP contribution is 2.24. The largest absolute Gasteiger partial charge is 0.467 e. The van der Waals surface area contributed by atoms with Crippen LogP contribution in [0, 0.1) is 19.7 Å². The van der Waals surface area contributed by atoms with Crippen molar-refractivity contribution < 1.29 is 13.6 Å². The van der Waals surface area contributed by atoms with Gasteiger partial charge in [-0.05, 0) is 56.7 Å². The highest BCUT2D eigenvalue weighted by atomic mass is 19.1. The second-order valence-electron chi connectivity index (χ2n) is 6.59. The summed E-state index contributed by atoms with van der Waals surface area (Å²) in [7, 11) is 1.77. The molecule has 1 amide bonds. The molecule has 136 valence electrons. The van der Waals surface area contributed by atoms with Crippen LogP contribution >= 0.6 is 0 Å². The van der Waals surface area contributed by atoms with E-state index in [-0.39, 0.29) is 17.8 Å². The van der Waals surface area contributed by atoms with Gasteiger partial charge in [0.05, 0.1) is 24.4 Å². The Labute approximate surface area is 152 Å². The molecule has 3 rings (SSSR count). The lowest BCUT2D eigenvalue weighted by molar-refractivity contribution is 0.0741. The van der Waals surface area contributed by atoms with Crippen molar-refractivity contribution in [2.24, 2.45) is 0 Å². The third-order valence-electron chi connectivity index (χ3n) is 4.95. The van der Waals surface area contributed by atoms with Crippen molar-refractivity contribution in [2.75, 3.05) is 7.05 Å². The molecule has 0 spiro atoms. The van der Waals surface area contributed by atoms with Crippen molar-refractivity contribution >= 4 is 5.91 Å². The topological polar surface area (TPSA) is 38.4 Å². The maximum Gasteiger partial charge on any atom is 0.255 e. The lowest BCUT2D eigenvalue weighted by Crippen LogP contribution is -2.30. The Hall–Kier alpha value is -2.82. The summed E-state index contributed by atoms with van der Waals surface area (Å²) in [6, 6.07) is 11.8. The quantitative estimate of drug-likeness (QED) is 0.665. The predicted octanol–water partition coefficient (Wildman–Crippen LogP) is 4.72. The molecule has 5 heteroatoms. The molecular formula is C21H23FN2O2. The van der Waals surface area contributed by atoms with Gasteiger partial charge in [0.1, 0.15) is 11.6 Å². The van der Waals surface area contributed by atoms with E-state index >= 15 is 0 Å². The number of aromatic nitrogens is 1. The van der Waals surface area contributed by atoms with E-state index in [1.54, 1.807) is 30.3 Å². The van der Waals surface area contributed by atoms with E-state index in [0.29, 0.717) is 12.1 Å². The van der Waals surface area contributed by atoms with Gasteiger partial charge in [0, 0.05) is 18.4 Å². The van der Waals surface area contributed by atoms with Crippen LogP contribution in [-0.2, 0) is 6.54 Å². The van der Waals surface area contributed by atoms with Crippen molar-refractivity contribution in [3.05, 3.63) is 82.8 Å². The summed E-state index contributed by atoms with van der Waals surface area (Å²) in [5.74, 6) is 0.510. The van der Waals surface area contributed by atoms with E-state index in [1.807, 2.05) is 39.0 Å². The first kappa shape index (κ1) is 18.0. The zero-order valence-electron chi connectivity index (χ0n) is 15.5. The van der Waals surface area contributed by atoms with Crippen LogP contribution in [0.3, 0.4) is 0 Å². The summed E-state index contributed by atoms with van der Waals surface area (Å²) in [5, 5.41) is 0. The first-order valence-electron chi connectivity index (χ1n) is 8.60. The molecule has 0 fully saturated rings. The van der Waals surface area contributed by atoms with Gasteiger partial charge in [-0.15, -0.1) is 0 Å². The summed E-state index contributed by atoms with van der Waals surface area (Å²) >= 11 is 0. The van der Waals surface area contributed by atoms with E-state index in [9.17, 15) is 9.18 Å². The molecule has 0 saturated heterocycles. The van der Waals surface area contributed by atoms with Crippen LogP contribution in [0.2, 0.25) is 0 Å². The molecule has 0 aliphatic rings. The number of aryl methyl sites for hydroxylation is 1. The molecule has 4 nitrogen and oxygen atoms in total. The van der Waals surface area contributed by atoms with Gasteiger partial charge in [-0.2, -0.15) is 0 Å². The molecule has 2 aromatic heterocycles. The first-order chi connectivity index (χ1) is 12.4. The molecule has 0 N–H and O–H groups in total. The predicted molar refractivity (Wildman–Crippen MR) is 98.6 cm³/mol. The van der Waals surface area contributed by atoms with Gasteiger partial charge in [-0.1, -0.05) is 12.1 Å². The van der Waals surface area contributed by atoms with Crippen molar-refractivity contribution in [3.8, 4) is 0 Å². The fourth-order valence-electron chi connectivity index (χ4n) is 3.15. The fourth-order valence-corrected chi connectivity index (χ4v) is 3.15. The van der Waals surface area contributed by atoms with Crippen LogP contribution in [0.1, 0.15) is 46.0 Å². The zero-order valence-corrected chi connectivity index (χ0v) is 15.5. The Bertz CT molecular complexity index is 895. The Morgan fingerprint density at radius 1 is 1.23 bits per heavy atom. The van der Waals surface area contributed by atoms with Crippen molar-refractivity contribution in [1.82, 2.24) is 9.47 Å². The minimum Gasteiger partial charge on any atom is -0.467 e. The highest BCUT2D eigenvalue weighted by molar-refractivity contribution is 5.95. The van der Waals surface area contributed by atoms with Gasteiger partial charge in [0.25, 0.3) is 5.91 Å². The number of halogens is 1. The molecule has 0 radical (unpaired) electrons. The van der Waals surface area contributed by atoms with Crippen LogP contribution in [0.5, 0.6) is 0 Å². The Kier molecular flexibility index (Phi) is 4.98. The van der Waals surface area contributed by atoms with Crippen LogP contribution in [0.15, 0.2) is 53.1 Å². The molecule has 0 aliphatic heterocycles. The van der Waals surface area contributed by atoms with E-state index in [2.05, 4.69) is 4.57 Å². The maximum atomic E-state index is 13.1. The molecule has 0 aliphatic carbocycles. The Balaban J connectivity index is 1.84. The number of nitrogens with zero attached hydrogens (tertiary/aromatic N) is 2. The van der Waals surface area contributed by atoms with Gasteiger partial charge >= 0.3 is 0 Å². The SMILES string of the molecule is Cc1cc(C(=O)N(C)C(C)c2ccc(F)cc2)c(C)n1Cc1ccco1. The standard InChI is InChI=1S/C21H23FN2O2/c1-14-12-20(16(3)24(14)13-19-6-5-11-26-19)21(25)23(4)15(2)17-7-9-18(22)10-8-17/h5-12,15H,13H2,1-4H3. The fraction of sp³-hybridized carbons (Fsp3) is 0.286. The number of hydrogen-bond acceptors (Lipinski definition) is 2. The second-order valence-corrected chi connectivity index (χ2v) is 6.59. The number of carbonyl (C=O) groups is 1. The third kappa shape index (κ3) is 3.43. The van der Waals surface area contributed by atoms with Crippen LogP contribution < -0.4 is 0 Å². The van der Waals surface area contributed by atoms with E-state index in [4.69, 9.17) is 4.42 Å². The molecule has 3 aromatic rings. The molecule has 1 unspecified atom stereocenters. The Morgan fingerprint density at radius 2 is 1.92 bits per heavy atom. The maximum absolute atomic E-state index is 13.1. The second kappa shape index (κ2) is 7.20. The average Bonchev–Trinajstić information content (AvgIpc) is 3.24. The minimum absolute atomic E-state index is 0.0550. The van der Waals surface area contributed by atoms with Gasteiger partial charge in [0.15, 0.2) is 0 Å². The van der Waals surface area contributed by atoms with E-state index in [1.165, 1.54) is 12.1 Å². The van der Waals surface area contributed by atoms with Crippen LogP contribution in [0.4, 0.5) is 4.39 Å². The molecule has 0 bridgehead atoms. The third-order valence-corrected chi connectivity index (χ3v) is 4.95. The first-order valence-corrected chi connectivity index (χ1v) is 8.60. The van der Waals surface area contributed by atoms with Crippen molar-refractivity contribution in [1.29, 1.82) is 0 Å². The van der Waals surface area contributed by atoms with Gasteiger partial charge in [-0.3, -0.25) is 4.79 Å². The normalized spacial score (nSPS) is 12.2. The van der Waals surface area contributed by atoms with Gasteiger partial charge in [0.2, 0.25) is 0 Å². The Morgan fingerprint density at radius 3 is 2.54 bits per heavy atom. The molecule has 1 atom stereocenters. The van der Waals surface area contributed by atoms with Gasteiger partial charge < -0.3 is 13.9 Å². The number of rotatable bonds is 5. The summed E-state index contributed by atoms with van der Waals surface area (Å²) in [6.45, 7) is 6.46. The highest BCUT2D eigenvalue weighted by Gasteiger charge is 2.23. The zero-order chi connectivity index (χ0) is 18.8.